The number of rotatable bonds is 1. The van der Waals surface area contributed by atoms with Crippen molar-refractivity contribution in [1.29, 1.82) is 5.26 Å². The zero-order valence-electron chi connectivity index (χ0n) is 8.36. The molecule has 0 aliphatic heterocycles. The molecule has 0 aromatic heterocycles. The summed E-state index contributed by atoms with van der Waals surface area (Å²) in [5.41, 5.74) is 5.71. The summed E-state index contributed by atoms with van der Waals surface area (Å²) in [5.74, 6) is 1.94. The van der Waals surface area contributed by atoms with Gasteiger partial charge < -0.3 is 5.73 Å². The fourth-order valence-corrected chi connectivity index (χ4v) is 2.41. The third kappa shape index (κ3) is 3.54. The minimum absolute atomic E-state index is 0. The molecule has 0 amide bonds. The Morgan fingerprint density at radius 2 is 1.69 bits per heavy atom. The minimum atomic E-state index is -0.241. The van der Waals surface area contributed by atoms with Gasteiger partial charge in [-0.2, -0.15) is 5.26 Å². The summed E-state index contributed by atoms with van der Waals surface area (Å²) in [7, 11) is 0. The smallest absolute Gasteiger partial charge is 0.0956 e. The quantitative estimate of drug-likeness (QED) is 0.710. The Balaban J connectivity index is 0.00000144. The average molecular weight is 203 g/mol. The lowest BCUT2D eigenvalue weighted by Crippen LogP contribution is -2.34. The van der Waals surface area contributed by atoms with Crippen LogP contribution < -0.4 is 5.73 Å². The normalized spacial score (nSPS) is 35.7. The number of hydrogen-bond donors (Lipinski definition) is 1. The molecule has 1 saturated carbocycles. The lowest BCUT2D eigenvalue weighted by molar-refractivity contribution is 0.208. The van der Waals surface area contributed by atoms with Gasteiger partial charge in [-0.05, 0) is 37.0 Å². The summed E-state index contributed by atoms with van der Waals surface area (Å²) < 4.78 is 0. The van der Waals surface area contributed by atoms with Crippen LogP contribution in [0.2, 0.25) is 0 Å². The predicted molar refractivity (Wildman–Crippen MR) is 56.5 cm³/mol. The molecule has 2 N–H and O–H groups in total. The van der Waals surface area contributed by atoms with Gasteiger partial charge in [-0.1, -0.05) is 13.8 Å². The highest BCUT2D eigenvalue weighted by Gasteiger charge is 2.27. The van der Waals surface area contributed by atoms with E-state index in [1.807, 2.05) is 0 Å². The molecule has 0 aromatic rings. The fraction of sp³-hybridized carbons (Fsp3) is 0.900. The summed E-state index contributed by atoms with van der Waals surface area (Å²) in [6.07, 6.45) is 3.58. The average Bonchev–Trinajstić information content (AvgIpc) is 2.01. The van der Waals surface area contributed by atoms with Crippen LogP contribution in [0.5, 0.6) is 0 Å². The van der Waals surface area contributed by atoms with Crippen LogP contribution in [0.4, 0.5) is 0 Å². The molecule has 0 spiro atoms. The van der Waals surface area contributed by atoms with Gasteiger partial charge in [0.15, 0.2) is 0 Å². The summed E-state index contributed by atoms with van der Waals surface area (Å²) in [5, 5.41) is 8.68. The summed E-state index contributed by atoms with van der Waals surface area (Å²) >= 11 is 0. The first-order chi connectivity index (χ1) is 5.63. The first kappa shape index (κ1) is 12.7. The molecule has 1 aliphatic carbocycles. The molecule has 13 heavy (non-hydrogen) atoms. The molecule has 0 heterocycles. The second-order valence-electron chi connectivity index (χ2n) is 4.33. The number of nitriles is 1. The van der Waals surface area contributed by atoms with Gasteiger partial charge in [0.05, 0.1) is 12.1 Å². The van der Waals surface area contributed by atoms with Crippen molar-refractivity contribution in [3.05, 3.63) is 0 Å². The highest BCUT2D eigenvalue weighted by Crippen LogP contribution is 2.33. The van der Waals surface area contributed by atoms with Crippen molar-refractivity contribution in [1.82, 2.24) is 0 Å². The Bertz CT molecular complexity index is 178. The van der Waals surface area contributed by atoms with Gasteiger partial charge in [-0.3, -0.25) is 0 Å². The number of nitrogens with two attached hydrogens (primary N) is 1. The first-order valence-corrected chi connectivity index (χ1v) is 4.78. The Hall–Kier alpha value is -0.260. The zero-order chi connectivity index (χ0) is 9.14. The molecule has 4 atom stereocenters. The Morgan fingerprint density at radius 1 is 1.23 bits per heavy atom. The summed E-state index contributed by atoms with van der Waals surface area (Å²) in [6, 6.07) is 1.91. The third-order valence-electron chi connectivity index (χ3n) is 2.87. The molecular weight excluding hydrogens is 184 g/mol. The summed E-state index contributed by atoms with van der Waals surface area (Å²) in [6.45, 7) is 4.51. The number of halogens is 1. The topological polar surface area (TPSA) is 49.8 Å². The molecule has 1 fully saturated rings. The van der Waals surface area contributed by atoms with E-state index in [1.54, 1.807) is 0 Å². The molecule has 0 radical (unpaired) electrons. The van der Waals surface area contributed by atoms with Gasteiger partial charge in [-0.25, -0.2) is 0 Å². The standard InChI is InChI=1S/C10H18N2.ClH/c1-7-3-8(2)5-9(4-7)10(12)6-11;/h7-10H,3-5,12H2,1-2H3;1H/t7-,8+,9?,10-;/m1./s1. The Labute approximate surface area is 86.9 Å². The fourth-order valence-electron chi connectivity index (χ4n) is 2.41. The first-order valence-electron chi connectivity index (χ1n) is 4.78. The largest absolute Gasteiger partial charge is 0.316 e. The van der Waals surface area contributed by atoms with Crippen LogP contribution >= 0.6 is 12.4 Å². The lowest BCUT2D eigenvalue weighted by Gasteiger charge is -2.32. The molecule has 1 rings (SSSR count). The monoisotopic (exact) mass is 202 g/mol. The molecule has 0 saturated heterocycles. The van der Waals surface area contributed by atoms with Gasteiger partial charge in [0.2, 0.25) is 0 Å². The Kier molecular flexibility index (Phi) is 5.36. The van der Waals surface area contributed by atoms with Crippen molar-refractivity contribution in [3.63, 3.8) is 0 Å². The van der Waals surface area contributed by atoms with Crippen molar-refractivity contribution < 1.29 is 0 Å². The van der Waals surface area contributed by atoms with Crippen LogP contribution in [0.25, 0.3) is 0 Å². The molecule has 2 nitrogen and oxygen atoms in total. The van der Waals surface area contributed by atoms with Crippen LogP contribution in [0.15, 0.2) is 0 Å². The maximum absolute atomic E-state index is 8.68. The van der Waals surface area contributed by atoms with E-state index in [0.29, 0.717) is 5.92 Å². The van der Waals surface area contributed by atoms with E-state index < -0.39 is 0 Å². The van der Waals surface area contributed by atoms with E-state index in [9.17, 15) is 0 Å². The SMILES string of the molecule is C[C@@H]1CC([C@H](N)C#N)C[C@H](C)C1.Cl. The maximum Gasteiger partial charge on any atom is 0.0956 e. The van der Waals surface area contributed by atoms with Crippen LogP contribution in [0, 0.1) is 29.1 Å². The van der Waals surface area contributed by atoms with E-state index in [0.717, 1.165) is 24.7 Å². The Morgan fingerprint density at radius 3 is 2.08 bits per heavy atom. The molecule has 1 unspecified atom stereocenters. The van der Waals surface area contributed by atoms with Gasteiger partial charge in [0, 0.05) is 0 Å². The van der Waals surface area contributed by atoms with Crippen molar-refractivity contribution in [2.24, 2.45) is 23.5 Å². The van der Waals surface area contributed by atoms with Gasteiger partial charge in [0.25, 0.3) is 0 Å². The maximum atomic E-state index is 8.68. The molecular formula is C10H19ClN2. The van der Waals surface area contributed by atoms with E-state index in [2.05, 4.69) is 19.9 Å². The van der Waals surface area contributed by atoms with Crippen molar-refractivity contribution in [2.45, 2.75) is 39.2 Å². The zero-order valence-corrected chi connectivity index (χ0v) is 9.18. The number of hydrogen-bond acceptors (Lipinski definition) is 2. The van der Waals surface area contributed by atoms with Crippen molar-refractivity contribution in [3.8, 4) is 6.07 Å². The number of nitrogens with zero attached hydrogens (tertiary/aromatic N) is 1. The molecule has 1 aliphatic rings. The molecule has 0 bridgehead atoms. The lowest BCUT2D eigenvalue weighted by atomic mass is 9.74. The second kappa shape index (κ2) is 5.47. The molecule has 76 valence electrons. The molecule has 3 heteroatoms. The van der Waals surface area contributed by atoms with E-state index in [4.69, 9.17) is 11.0 Å². The second-order valence-corrected chi connectivity index (χ2v) is 4.33. The van der Waals surface area contributed by atoms with Crippen LogP contribution in [-0.4, -0.2) is 6.04 Å². The van der Waals surface area contributed by atoms with Crippen molar-refractivity contribution in [2.75, 3.05) is 0 Å². The highest BCUT2D eigenvalue weighted by molar-refractivity contribution is 5.85. The molecule has 0 aromatic carbocycles. The van der Waals surface area contributed by atoms with Crippen LogP contribution in [-0.2, 0) is 0 Å². The third-order valence-corrected chi connectivity index (χ3v) is 2.87. The van der Waals surface area contributed by atoms with E-state index in [-0.39, 0.29) is 18.4 Å². The summed E-state index contributed by atoms with van der Waals surface area (Å²) in [4.78, 5) is 0. The van der Waals surface area contributed by atoms with E-state index >= 15 is 0 Å². The highest BCUT2D eigenvalue weighted by atomic mass is 35.5. The minimum Gasteiger partial charge on any atom is -0.316 e. The van der Waals surface area contributed by atoms with Gasteiger partial charge in [0.1, 0.15) is 0 Å². The van der Waals surface area contributed by atoms with Gasteiger partial charge in [-0.15, -0.1) is 12.4 Å². The van der Waals surface area contributed by atoms with Gasteiger partial charge >= 0.3 is 0 Å². The van der Waals surface area contributed by atoms with Crippen LogP contribution in [0.1, 0.15) is 33.1 Å². The van der Waals surface area contributed by atoms with Crippen LogP contribution in [0.3, 0.4) is 0 Å². The van der Waals surface area contributed by atoms with Crippen molar-refractivity contribution >= 4 is 12.4 Å². The predicted octanol–water partition coefficient (Wildman–Crippen LogP) is 2.33. The van der Waals surface area contributed by atoms with E-state index in [1.165, 1.54) is 6.42 Å².